The summed E-state index contributed by atoms with van der Waals surface area (Å²) in [5.74, 6) is -1.45. The minimum absolute atomic E-state index is 0.0992. The fraction of sp³-hybridized carbons (Fsp3) is 0.409. The number of hydrogen-bond acceptors (Lipinski definition) is 5. The van der Waals surface area contributed by atoms with E-state index in [1.807, 2.05) is 0 Å². The number of carbonyl (C=O) groups excluding carboxylic acids is 1. The number of rotatable bonds is 8. The monoisotopic (exact) mass is 484 g/mol. The standard InChI is InChI=1S/C22H23ClF2N2O4S/c1-32(29,30)26-22(28)17-7-16(15-3-4-15)21(8-19(17)24)31-12-14-10-27(11-14)9-13-2-5-18(23)20(25)6-13/h2,5-8,14-15H,3-4,9-12H2,1H3,(H,26,28). The van der Waals surface area contributed by atoms with E-state index in [1.165, 1.54) is 12.1 Å². The number of likely N-dealkylation sites (tertiary alicyclic amines) is 1. The van der Waals surface area contributed by atoms with Crippen molar-refractivity contribution in [1.29, 1.82) is 0 Å². The van der Waals surface area contributed by atoms with Crippen molar-refractivity contribution >= 4 is 27.5 Å². The molecule has 1 amide bonds. The van der Waals surface area contributed by atoms with Gasteiger partial charge in [0.15, 0.2) is 0 Å². The first-order valence-electron chi connectivity index (χ1n) is 10.2. The molecule has 1 N–H and O–H groups in total. The predicted molar refractivity (Wildman–Crippen MR) is 116 cm³/mol. The van der Waals surface area contributed by atoms with Crippen LogP contribution in [0, 0.1) is 17.6 Å². The topological polar surface area (TPSA) is 75.7 Å². The molecule has 0 radical (unpaired) electrons. The van der Waals surface area contributed by atoms with Gasteiger partial charge in [0.05, 0.1) is 23.4 Å². The molecular weight excluding hydrogens is 462 g/mol. The van der Waals surface area contributed by atoms with Gasteiger partial charge in [0.1, 0.15) is 17.4 Å². The molecule has 0 aromatic heterocycles. The number of benzene rings is 2. The van der Waals surface area contributed by atoms with Crippen molar-refractivity contribution in [2.24, 2.45) is 5.92 Å². The highest BCUT2D eigenvalue weighted by molar-refractivity contribution is 7.89. The number of nitrogens with zero attached hydrogens (tertiary/aromatic N) is 1. The van der Waals surface area contributed by atoms with Crippen LogP contribution in [-0.4, -0.2) is 45.2 Å². The quantitative estimate of drug-likeness (QED) is 0.618. The fourth-order valence-electron chi connectivity index (χ4n) is 3.82. The maximum absolute atomic E-state index is 14.5. The SMILES string of the molecule is CS(=O)(=O)NC(=O)c1cc(C2CC2)c(OCC2CN(Cc3ccc(Cl)c(F)c3)C2)cc1F. The molecule has 1 aliphatic heterocycles. The Balaban J connectivity index is 1.36. The van der Waals surface area contributed by atoms with Crippen LogP contribution in [0.4, 0.5) is 8.78 Å². The van der Waals surface area contributed by atoms with Gasteiger partial charge in [0.25, 0.3) is 5.91 Å². The minimum Gasteiger partial charge on any atom is -0.493 e. The summed E-state index contributed by atoms with van der Waals surface area (Å²) in [5, 5.41) is 0.0992. The first kappa shape index (κ1) is 22.9. The zero-order valence-corrected chi connectivity index (χ0v) is 19.0. The summed E-state index contributed by atoms with van der Waals surface area (Å²) in [4.78, 5) is 14.3. The van der Waals surface area contributed by atoms with Crippen LogP contribution >= 0.6 is 11.6 Å². The van der Waals surface area contributed by atoms with Crippen LogP contribution in [0.15, 0.2) is 30.3 Å². The van der Waals surface area contributed by atoms with E-state index in [0.29, 0.717) is 18.9 Å². The molecule has 0 spiro atoms. The van der Waals surface area contributed by atoms with Gasteiger partial charge in [-0.15, -0.1) is 0 Å². The maximum atomic E-state index is 14.5. The van der Waals surface area contributed by atoms with Gasteiger partial charge >= 0.3 is 0 Å². The number of sulfonamides is 1. The highest BCUT2D eigenvalue weighted by Gasteiger charge is 2.32. The Bertz CT molecular complexity index is 1150. The second kappa shape index (κ2) is 8.96. The molecule has 2 aliphatic rings. The number of carbonyl (C=O) groups is 1. The third-order valence-electron chi connectivity index (χ3n) is 5.54. The average molecular weight is 485 g/mol. The molecule has 2 aromatic carbocycles. The van der Waals surface area contributed by atoms with Crippen LogP contribution in [0.3, 0.4) is 0 Å². The number of nitrogens with one attached hydrogen (secondary N) is 1. The number of halogens is 3. The second-order valence-corrected chi connectivity index (χ2v) is 10.6. The van der Waals surface area contributed by atoms with Crippen LogP contribution in [0.25, 0.3) is 0 Å². The van der Waals surface area contributed by atoms with Gasteiger partial charge < -0.3 is 4.74 Å². The summed E-state index contributed by atoms with van der Waals surface area (Å²) >= 11 is 5.71. The lowest BCUT2D eigenvalue weighted by atomic mass is 10.00. The van der Waals surface area contributed by atoms with Crippen LogP contribution < -0.4 is 9.46 Å². The summed E-state index contributed by atoms with van der Waals surface area (Å²) < 4.78 is 58.4. The van der Waals surface area contributed by atoms with Crippen LogP contribution in [0.1, 0.15) is 40.2 Å². The Morgan fingerprint density at radius 2 is 1.91 bits per heavy atom. The molecule has 1 saturated carbocycles. The van der Waals surface area contributed by atoms with Crippen LogP contribution in [0.2, 0.25) is 5.02 Å². The van der Waals surface area contributed by atoms with Crippen molar-refractivity contribution < 1.29 is 26.7 Å². The van der Waals surface area contributed by atoms with E-state index in [9.17, 15) is 22.0 Å². The minimum atomic E-state index is -3.80. The van der Waals surface area contributed by atoms with E-state index < -0.39 is 27.6 Å². The van der Waals surface area contributed by atoms with E-state index in [0.717, 1.165) is 49.4 Å². The van der Waals surface area contributed by atoms with Gasteiger partial charge in [-0.3, -0.25) is 9.69 Å². The van der Waals surface area contributed by atoms with Crippen LogP contribution in [-0.2, 0) is 16.6 Å². The van der Waals surface area contributed by atoms with Gasteiger partial charge in [0, 0.05) is 31.6 Å². The zero-order valence-electron chi connectivity index (χ0n) is 17.4. The highest BCUT2D eigenvalue weighted by Crippen LogP contribution is 2.45. The summed E-state index contributed by atoms with van der Waals surface area (Å²) in [6.07, 6.45) is 2.65. The number of amides is 1. The number of ether oxygens (including phenoxy) is 1. The molecule has 10 heteroatoms. The average Bonchev–Trinajstić information content (AvgIpc) is 3.50. The zero-order chi connectivity index (χ0) is 23.0. The Hall–Kier alpha value is -2.23. The Morgan fingerprint density at radius 3 is 2.53 bits per heavy atom. The molecule has 6 nitrogen and oxygen atoms in total. The molecule has 32 heavy (non-hydrogen) atoms. The molecule has 2 aromatic rings. The lowest BCUT2D eigenvalue weighted by molar-refractivity contribution is 0.0553. The lowest BCUT2D eigenvalue weighted by Gasteiger charge is -2.39. The van der Waals surface area contributed by atoms with E-state index in [1.54, 1.807) is 16.9 Å². The van der Waals surface area contributed by atoms with Crippen LogP contribution in [0.5, 0.6) is 5.75 Å². The normalized spacial score (nSPS) is 17.1. The summed E-state index contributed by atoms with van der Waals surface area (Å²) in [6.45, 7) is 2.52. The lowest BCUT2D eigenvalue weighted by Crippen LogP contribution is -2.48. The molecule has 172 valence electrons. The van der Waals surface area contributed by atoms with E-state index in [2.05, 4.69) is 4.90 Å². The Morgan fingerprint density at radius 1 is 1.19 bits per heavy atom. The molecule has 1 aliphatic carbocycles. The van der Waals surface area contributed by atoms with Gasteiger partial charge in [-0.05, 0) is 48.1 Å². The Labute approximate surface area is 190 Å². The van der Waals surface area contributed by atoms with E-state index in [4.69, 9.17) is 16.3 Å². The molecule has 0 unspecified atom stereocenters. The Kier molecular flexibility index (Phi) is 6.42. The first-order valence-corrected chi connectivity index (χ1v) is 12.5. The third-order valence-corrected chi connectivity index (χ3v) is 6.40. The number of hydrogen-bond donors (Lipinski definition) is 1. The molecule has 0 bridgehead atoms. The summed E-state index contributed by atoms with van der Waals surface area (Å²) in [7, 11) is -3.80. The third kappa shape index (κ3) is 5.57. The van der Waals surface area contributed by atoms with Crippen molar-refractivity contribution in [2.75, 3.05) is 26.0 Å². The maximum Gasteiger partial charge on any atom is 0.267 e. The van der Waals surface area contributed by atoms with Crippen molar-refractivity contribution in [2.45, 2.75) is 25.3 Å². The molecule has 1 saturated heterocycles. The fourth-order valence-corrected chi connectivity index (χ4v) is 4.39. The molecule has 4 rings (SSSR count). The summed E-state index contributed by atoms with van der Waals surface area (Å²) in [5.41, 5.74) is 1.25. The molecular formula is C22H23ClF2N2O4S. The van der Waals surface area contributed by atoms with Gasteiger partial charge in [-0.25, -0.2) is 21.9 Å². The van der Waals surface area contributed by atoms with Crippen molar-refractivity contribution in [3.63, 3.8) is 0 Å². The van der Waals surface area contributed by atoms with Crippen molar-refractivity contribution in [1.82, 2.24) is 9.62 Å². The second-order valence-electron chi connectivity index (χ2n) is 8.47. The largest absolute Gasteiger partial charge is 0.493 e. The first-order chi connectivity index (χ1) is 15.1. The summed E-state index contributed by atoms with van der Waals surface area (Å²) in [6, 6.07) is 7.32. The molecule has 0 atom stereocenters. The molecule has 1 heterocycles. The van der Waals surface area contributed by atoms with Gasteiger partial charge in [0.2, 0.25) is 10.0 Å². The van der Waals surface area contributed by atoms with Gasteiger partial charge in [-0.1, -0.05) is 17.7 Å². The highest BCUT2D eigenvalue weighted by atomic mass is 35.5. The van der Waals surface area contributed by atoms with E-state index >= 15 is 0 Å². The molecule has 2 fully saturated rings. The van der Waals surface area contributed by atoms with Crippen molar-refractivity contribution in [3.8, 4) is 5.75 Å². The smallest absolute Gasteiger partial charge is 0.267 e. The predicted octanol–water partition coefficient (Wildman–Crippen LogP) is 3.70. The van der Waals surface area contributed by atoms with E-state index in [-0.39, 0.29) is 22.4 Å². The van der Waals surface area contributed by atoms with Gasteiger partial charge in [-0.2, -0.15) is 0 Å². The van der Waals surface area contributed by atoms with Crippen molar-refractivity contribution in [3.05, 3.63) is 63.7 Å².